The molecule has 0 fully saturated rings. The van der Waals surface area contributed by atoms with Crippen molar-refractivity contribution in [3.63, 3.8) is 0 Å². The van der Waals surface area contributed by atoms with Gasteiger partial charge in [-0.15, -0.1) is 23.5 Å². The lowest BCUT2D eigenvalue weighted by molar-refractivity contribution is -0.439. The van der Waals surface area contributed by atoms with E-state index in [1.807, 2.05) is 0 Å². The number of alkyl halides is 26. The van der Waals surface area contributed by atoms with Crippen LogP contribution in [-0.2, 0) is 0 Å². The van der Waals surface area contributed by atoms with E-state index in [-0.39, 0.29) is 55.9 Å². The minimum absolute atomic E-state index is 0.138. The van der Waals surface area contributed by atoms with Crippen molar-refractivity contribution in [3.8, 4) is 11.5 Å². The zero-order valence-electron chi connectivity index (χ0n) is 32.0. The van der Waals surface area contributed by atoms with Crippen LogP contribution in [0.5, 0.6) is 11.5 Å². The van der Waals surface area contributed by atoms with E-state index in [4.69, 9.17) is 9.47 Å². The number of esters is 2. The van der Waals surface area contributed by atoms with Gasteiger partial charge in [0.25, 0.3) is 0 Å². The molecule has 32 heteroatoms. The van der Waals surface area contributed by atoms with Crippen LogP contribution < -0.4 is 9.47 Å². The third kappa shape index (κ3) is 10.6. The molecule has 0 aliphatic rings. The Morgan fingerprint density at radius 1 is 0.338 bits per heavy atom. The molecule has 0 unspecified atom stereocenters. The second kappa shape index (κ2) is 19.0. The van der Waals surface area contributed by atoms with E-state index in [2.05, 4.69) is 0 Å². The van der Waals surface area contributed by atoms with Gasteiger partial charge in [0, 0.05) is 34.1 Å². The highest BCUT2D eigenvalue weighted by atomic mass is 32.2. The molecule has 0 saturated heterocycles. The fraction of sp³-hybridized carbons (Fsp3) is 0.444. The molecule has 0 radical (unpaired) electrons. The summed E-state index contributed by atoms with van der Waals surface area (Å²) in [6, 6.07) is 11.5. The number of rotatable bonds is 20. The van der Waals surface area contributed by atoms with Crippen molar-refractivity contribution in [2.24, 2.45) is 0 Å². The lowest BCUT2D eigenvalue weighted by atomic mass is 9.93. The summed E-state index contributed by atoms with van der Waals surface area (Å²) in [6.45, 7) is 0. The van der Waals surface area contributed by atoms with Crippen molar-refractivity contribution < 1.29 is 133 Å². The van der Waals surface area contributed by atoms with Gasteiger partial charge in [-0.1, -0.05) is 0 Å². The predicted octanol–water partition coefficient (Wildman–Crippen LogP) is 14.6. The first-order valence-corrected chi connectivity index (χ1v) is 19.3. The first kappa shape index (κ1) is 57.8. The Labute approximate surface area is 369 Å². The Morgan fingerprint density at radius 2 is 0.574 bits per heavy atom. The van der Waals surface area contributed by atoms with E-state index >= 15 is 0 Å². The molecule has 0 bridgehead atoms. The molecule has 0 aliphatic heterocycles. The molecule has 0 amide bonds. The third-order valence-electron chi connectivity index (χ3n) is 8.79. The Hall–Kier alpha value is -4.52. The van der Waals surface area contributed by atoms with E-state index in [0.717, 1.165) is 72.8 Å². The van der Waals surface area contributed by atoms with Crippen LogP contribution in [0, 0.1) is 0 Å². The molecular weight excluding hydrogens is 1050 g/mol. The molecule has 3 aromatic carbocycles. The maximum absolute atomic E-state index is 14.1. The maximum Gasteiger partial charge on any atom is 0.460 e. The fourth-order valence-electron chi connectivity index (χ4n) is 4.79. The van der Waals surface area contributed by atoms with Gasteiger partial charge >= 0.3 is 83.5 Å². The monoisotopic (exact) mass is 1070 g/mol. The van der Waals surface area contributed by atoms with Gasteiger partial charge in [-0.25, -0.2) is 9.59 Å². The van der Waals surface area contributed by atoms with Crippen LogP contribution in [0.3, 0.4) is 0 Å². The molecule has 382 valence electrons. The standard InChI is InChI=1S/C36H20F26O4S2/c37-25(38,27(41,42)29(45,46)31(49,50)33(53,54)35(57,58)59)13-15-67-21-9-5-19(6-10-21)65-23(63)17-1-2-18(4-3-17)24(64)66-20-7-11-22(12-8-20)68-16-14-26(39,40)28(43,44)30(47,48)32(51,52)34(55,56)36(60,61)62/h1-12H,13-16H2. The summed E-state index contributed by atoms with van der Waals surface area (Å²) in [7, 11) is 0. The van der Waals surface area contributed by atoms with Crippen molar-refractivity contribution in [3.05, 3.63) is 83.9 Å². The van der Waals surface area contributed by atoms with Gasteiger partial charge in [0.15, 0.2) is 0 Å². The molecule has 0 heterocycles. The van der Waals surface area contributed by atoms with Crippen molar-refractivity contribution in [1.82, 2.24) is 0 Å². The lowest BCUT2D eigenvalue weighted by Crippen LogP contribution is -2.70. The van der Waals surface area contributed by atoms with E-state index in [0.29, 0.717) is 0 Å². The molecule has 68 heavy (non-hydrogen) atoms. The van der Waals surface area contributed by atoms with Crippen LogP contribution in [0.25, 0.3) is 0 Å². The molecule has 0 spiro atoms. The Morgan fingerprint density at radius 3 is 0.809 bits per heavy atom. The number of halogens is 26. The van der Waals surface area contributed by atoms with Gasteiger partial charge in [-0.2, -0.15) is 114 Å². The van der Waals surface area contributed by atoms with Gasteiger partial charge in [0.05, 0.1) is 11.1 Å². The number of ether oxygens (including phenoxy) is 2. The summed E-state index contributed by atoms with van der Waals surface area (Å²) < 4.78 is 356. The van der Waals surface area contributed by atoms with E-state index in [9.17, 15) is 124 Å². The number of hydrogen-bond donors (Lipinski definition) is 0. The predicted molar refractivity (Wildman–Crippen MR) is 182 cm³/mol. The van der Waals surface area contributed by atoms with E-state index in [1.165, 1.54) is 0 Å². The number of carbonyl (C=O) groups is 2. The van der Waals surface area contributed by atoms with Crippen LogP contribution >= 0.6 is 23.5 Å². The quantitative estimate of drug-likeness (QED) is 0.0486. The Balaban J connectivity index is 1.55. The minimum atomic E-state index is -8.04. The summed E-state index contributed by atoms with van der Waals surface area (Å²) >= 11 is 0.275. The smallest absolute Gasteiger partial charge is 0.423 e. The van der Waals surface area contributed by atoms with Crippen LogP contribution in [0.4, 0.5) is 114 Å². The molecule has 3 aromatic rings. The SMILES string of the molecule is O=C(Oc1ccc(SCCC(F)(F)C(F)(F)C(F)(F)C(F)(F)C(F)(F)C(F)(F)F)cc1)c1ccc(C(=O)Oc2ccc(SCCC(F)(F)C(F)(F)C(F)(F)C(F)(F)C(F)(F)C(F)(F)F)cc2)cc1. The Bertz CT molecular complexity index is 2070. The normalized spacial score (nSPS) is 14.5. The summed E-state index contributed by atoms with van der Waals surface area (Å²) in [5.74, 6) is -80.8. The topological polar surface area (TPSA) is 52.6 Å². The average Bonchev–Trinajstić information content (AvgIpc) is 3.20. The first-order valence-electron chi connectivity index (χ1n) is 17.3. The number of hydrogen-bond acceptors (Lipinski definition) is 6. The zero-order chi connectivity index (χ0) is 52.8. The van der Waals surface area contributed by atoms with E-state index in [1.54, 1.807) is 0 Å². The van der Waals surface area contributed by atoms with Gasteiger partial charge in [-0.05, 0) is 72.8 Å². The van der Waals surface area contributed by atoms with Crippen LogP contribution in [0.15, 0.2) is 82.6 Å². The minimum Gasteiger partial charge on any atom is -0.423 e. The summed E-state index contributed by atoms with van der Waals surface area (Å²) in [5, 5.41) is 0. The molecular formula is C36H20F26O4S2. The van der Waals surface area contributed by atoms with Crippen LogP contribution in [-0.4, -0.2) is 95.0 Å². The van der Waals surface area contributed by atoms with Gasteiger partial charge in [-0.3, -0.25) is 0 Å². The molecule has 0 aromatic heterocycles. The highest BCUT2D eigenvalue weighted by molar-refractivity contribution is 7.99. The van der Waals surface area contributed by atoms with E-state index < -0.39 is 108 Å². The second-order valence-electron chi connectivity index (χ2n) is 13.5. The molecule has 0 saturated carbocycles. The largest absolute Gasteiger partial charge is 0.460 e. The molecule has 3 rings (SSSR count). The zero-order valence-corrected chi connectivity index (χ0v) is 33.7. The third-order valence-corrected chi connectivity index (χ3v) is 10.8. The number of thioether (sulfide) groups is 2. The number of carbonyl (C=O) groups excluding carboxylic acids is 2. The van der Waals surface area contributed by atoms with Crippen LogP contribution in [0.2, 0.25) is 0 Å². The molecule has 0 aliphatic carbocycles. The average molecular weight is 1070 g/mol. The molecule has 0 atom stereocenters. The van der Waals surface area contributed by atoms with Crippen molar-refractivity contribution in [1.29, 1.82) is 0 Å². The maximum atomic E-state index is 14.1. The number of benzene rings is 3. The van der Waals surface area contributed by atoms with Crippen molar-refractivity contribution in [2.45, 2.75) is 94.2 Å². The van der Waals surface area contributed by atoms with Gasteiger partial charge in [0.2, 0.25) is 0 Å². The van der Waals surface area contributed by atoms with Crippen molar-refractivity contribution >= 4 is 35.5 Å². The van der Waals surface area contributed by atoms with Crippen molar-refractivity contribution in [2.75, 3.05) is 11.5 Å². The fourth-order valence-corrected chi connectivity index (χ4v) is 6.64. The Kier molecular flexibility index (Phi) is 16.2. The van der Waals surface area contributed by atoms with Gasteiger partial charge < -0.3 is 9.47 Å². The van der Waals surface area contributed by atoms with Crippen LogP contribution in [0.1, 0.15) is 33.6 Å². The highest BCUT2D eigenvalue weighted by Crippen LogP contribution is 2.62. The summed E-state index contributed by atoms with van der Waals surface area (Å²) in [6.07, 6.45) is -20.0. The first-order chi connectivity index (χ1) is 30.4. The highest BCUT2D eigenvalue weighted by Gasteiger charge is 2.92. The second-order valence-corrected chi connectivity index (χ2v) is 15.8. The lowest BCUT2D eigenvalue weighted by Gasteiger charge is -2.39. The summed E-state index contributed by atoms with van der Waals surface area (Å²) in [5.41, 5.74) is -0.556. The molecule has 0 N–H and O–H groups in total. The van der Waals surface area contributed by atoms with Gasteiger partial charge in [0.1, 0.15) is 11.5 Å². The summed E-state index contributed by atoms with van der Waals surface area (Å²) in [4.78, 5) is 24.7. The molecule has 4 nitrogen and oxygen atoms in total.